The fourth-order valence-corrected chi connectivity index (χ4v) is 2.92. The molecule has 0 aromatic heterocycles. The van der Waals surface area contributed by atoms with E-state index in [2.05, 4.69) is 0 Å². The molecule has 2 N–H and O–H groups in total. The molecule has 4 nitrogen and oxygen atoms in total. The molecule has 0 radical (unpaired) electrons. The van der Waals surface area contributed by atoms with Gasteiger partial charge in [-0.05, 0) is 30.5 Å². The SMILES string of the molecule is CC(=O)c1ccccc1Cc1ccccc1S(N)(=O)=O. The average molecular weight is 289 g/mol. The Hall–Kier alpha value is -1.98. The van der Waals surface area contributed by atoms with E-state index in [0.29, 0.717) is 17.5 Å². The van der Waals surface area contributed by atoms with Crippen LogP contribution in [0.15, 0.2) is 53.4 Å². The van der Waals surface area contributed by atoms with Crippen molar-refractivity contribution in [2.24, 2.45) is 5.14 Å². The summed E-state index contributed by atoms with van der Waals surface area (Å²) in [5, 5.41) is 5.21. The topological polar surface area (TPSA) is 77.2 Å². The zero-order valence-corrected chi connectivity index (χ0v) is 11.9. The maximum Gasteiger partial charge on any atom is 0.238 e. The molecular formula is C15H15NO3S. The molecular weight excluding hydrogens is 274 g/mol. The summed E-state index contributed by atoms with van der Waals surface area (Å²) in [6.07, 6.45) is 0.350. The van der Waals surface area contributed by atoms with Gasteiger partial charge in [0.25, 0.3) is 0 Å². The normalized spacial score (nSPS) is 11.3. The lowest BCUT2D eigenvalue weighted by molar-refractivity contribution is 0.101. The van der Waals surface area contributed by atoms with Crippen LogP contribution in [0.25, 0.3) is 0 Å². The highest BCUT2D eigenvalue weighted by molar-refractivity contribution is 7.89. The van der Waals surface area contributed by atoms with Gasteiger partial charge in [-0.25, -0.2) is 13.6 Å². The van der Waals surface area contributed by atoms with Gasteiger partial charge >= 0.3 is 0 Å². The van der Waals surface area contributed by atoms with Crippen LogP contribution in [0.2, 0.25) is 0 Å². The molecule has 2 aromatic carbocycles. The van der Waals surface area contributed by atoms with Crippen LogP contribution in [0.1, 0.15) is 28.4 Å². The van der Waals surface area contributed by atoms with Gasteiger partial charge in [-0.2, -0.15) is 0 Å². The van der Waals surface area contributed by atoms with Gasteiger partial charge in [-0.15, -0.1) is 0 Å². The number of carbonyl (C=O) groups is 1. The lowest BCUT2D eigenvalue weighted by Gasteiger charge is -2.10. The molecule has 2 aromatic rings. The van der Waals surface area contributed by atoms with Crippen molar-refractivity contribution in [2.75, 3.05) is 0 Å². The number of primary sulfonamides is 1. The van der Waals surface area contributed by atoms with Crippen molar-refractivity contribution < 1.29 is 13.2 Å². The van der Waals surface area contributed by atoms with Crippen LogP contribution in [0.4, 0.5) is 0 Å². The maximum absolute atomic E-state index is 11.6. The predicted octanol–water partition coefficient (Wildman–Crippen LogP) is 2.13. The standard InChI is InChI=1S/C15H15NO3S/c1-11(17)14-8-4-2-6-12(14)10-13-7-3-5-9-15(13)20(16,18)19/h2-9H,10H2,1H3,(H2,16,18,19). The molecule has 0 spiro atoms. The summed E-state index contributed by atoms with van der Waals surface area (Å²) >= 11 is 0. The second-order valence-corrected chi connectivity index (χ2v) is 6.07. The summed E-state index contributed by atoms with van der Waals surface area (Å²) < 4.78 is 23.1. The fourth-order valence-electron chi connectivity index (χ4n) is 2.15. The number of benzene rings is 2. The lowest BCUT2D eigenvalue weighted by Crippen LogP contribution is -2.15. The summed E-state index contributed by atoms with van der Waals surface area (Å²) in [6.45, 7) is 1.49. The minimum Gasteiger partial charge on any atom is -0.295 e. The highest BCUT2D eigenvalue weighted by Crippen LogP contribution is 2.20. The summed E-state index contributed by atoms with van der Waals surface area (Å²) in [6, 6.07) is 13.7. The van der Waals surface area contributed by atoms with E-state index in [-0.39, 0.29) is 10.7 Å². The minimum absolute atomic E-state index is 0.0475. The molecule has 104 valence electrons. The van der Waals surface area contributed by atoms with Crippen molar-refractivity contribution in [3.63, 3.8) is 0 Å². The third-order valence-electron chi connectivity index (χ3n) is 3.06. The van der Waals surface area contributed by atoms with Gasteiger partial charge in [0.1, 0.15) is 0 Å². The van der Waals surface area contributed by atoms with Gasteiger partial charge in [0, 0.05) is 5.56 Å². The highest BCUT2D eigenvalue weighted by atomic mass is 32.2. The van der Waals surface area contributed by atoms with Crippen LogP contribution >= 0.6 is 0 Å². The Bertz CT molecular complexity index is 751. The van der Waals surface area contributed by atoms with Gasteiger partial charge < -0.3 is 0 Å². The Labute approximate surface area is 118 Å². The number of hydrogen-bond acceptors (Lipinski definition) is 3. The van der Waals surface area contributed by atoms with E-state index < -0.39 is 10.0 Å². The molecule has 0 aliphatic heterocycles. The van der Waals surface area contributed by atoms with Crippen molar-refractivity contribution in [1.82, 2.24) is 0 Å². The van der Waals surface area contributed by atoms with Gasteiger partial charge in [0.15, 0.2) is 5.78 Å². The molecule has 0 aliphatic rings. The summed E-state index contributed by atoms with van der Waals surface area (Å²) in [7, 11) is -3.77. The Balaban J connectivity index is 2.49. The molecule has 0 atom stereocenters. The minimum atomic E-state index is -3.77. The molecule has 0 amide bonds. The smallest absolute Gasteiger partial charge is 0.238 e. The monoisotopic (exact) mass is 289 g/mol. The van der Waals surface area contributed by atoms with Crippen LogP contribution in [0, 0.1) is 0 Å². The van der Waals surface area contributed by atoms with Gasteiger partial charge in [0.2, 0.25) is 10.0 Å². The van der Waals surface area contributed by atoms with Crippen molar-refractivity contribution in [3.05, 3.63) is 65.2 Å². The molecule has 20 heavy (non-hydrogen) atoms. The van der Waals surface area contributed by atoms with Gasteiger partial charge in [0.05, 0.1) is 4.90 Å². The van der Waals surface area contributed by atoms with Crippen LogP contribution in [-0.2, 0) is 16.4 Å². The average Bonchev–Trinajstić information content (AvgIpc) is 2.38. The molecule has 0 saturated carbocycles. The van der Waals surface area contributed by atoms with Crippen LogP contribution in [0.3, 0.4) is 0 Å². The van der Waals surface area contributed by atoms with Crippen LogP contribution in [0.5, 0.6) is 0 Å². The fraction of sp³-hybridized carbons (Fsp3) is 0.133. The molecule has 0 heterocycles. The molecule has 2 rings (SSSR count). The molecule has 0 unspecified atom stereocenters. The van der Waals surface area contributed by atoms with Gasteiger partial charge in [-0.1, -0.05) is 42.5 Å². The lowest BCUT2D eigenvalue weighted by atomic mass is 9.98. The number of sulfonamides is 1. The molecule has 0 saturated heterocycles. The van der Waals surface area contributed by atoms with E-state index in [9.17, 15) is 13.2 Å². The van der Waals surface area contributed by atoms with E-state index in [1.807, 2.05) is 12.1 Å². The zero-order chi connectivity index (χ0) is 14.8. The van der Waals surface area contributed by atoms with Gasteiger partial charge in [-0.3, -0.25) is 4.79 Å². The largest absolute Gasteiger partial charge is 0.295 e. The number of rotatable bonds is 4. The van der Waals surface area contributed by atoms with Crippen LogP contribution < -0.4 is 5.14 Å². The number of ketones is 1. The van der Waals surface area contributed by atoms with E-state index in [4.69, 9.17) is 5.14 Å². The number of hydrogen-bond donors (Lipinski definition) is 1. The summed E-state index contributed by atoms with van der Waals surface area (Å²) in [5.74, 6) is -0.0475. The predicted molar refractivity (Wildman–Crippen MR) is 77.1 cm³/mol. The van der Waals surface area contributed by atoms with Crippen molar-refractivity contribution in [1.29, 1.82) is 0 Å². The second-order valence-electron chi connectivity index (χ2n) is 4.54. The third-order valence-corrected chi connectivity index (χ3v) is 4.07. The third kappa shape index (κ3) is 3.12. The first-order valence-electron chi connectivity index (χ1n) is 6.09. The Kier molecular flexibility index (Phi) is 4.01. The molecule has 0 bridgehead atoms. The van der Waals surface area contributed by atoms with E-state index >= 15 is 0 Å². The summed E-state index contributed by atoms with van der Waals surface area (Å²) in [5.41, 5.74) is 1.97. The molecule has 0 fully saturated rings. The van der Waals surface area contributed by atoms with E-state index in [1.165, 1.54) is 13.0 Å². The second kappa shape index (κ2) is 5.56. The Morgan fingerprint density at radius 2 is 1.55 bits per heavy atom. The quantitative estimate of drug-likeness (QED) is 0.876. The van der Waals surface area contributed by atoms with Crippen molar-refractivity contribution in [2.45, 2.75) is 18.2 Å². The van der Waals surface area contributed by atoms with E-state index in [0.717, 1.165) is 5.56 Å². The van der Waals surface area contributed by atoms with Crippen molar-refractivity contribution in [3.8, 4) is 0 Å². The van der Waals surface area contributed by atoms with Crippen LogP contribution in [-0.4, -0.2) is 14.2 Å². The number of nitrogens with two attached hydrogens (primary N) is 1. The molecule has 0 aliphatic carbocycles. The molecule has 5 heteroatoms. The first kappa shape index (κ1) is 14.4. The number of carbonyl (C=O) groups excluding carboxylic acids is 1. The van der Waals surface area contributed by atoms with Crippen molar-refractivity contribution >= 4 is 15.8 Å². The first-order valence-corrected chi connectivity index (χ1v) is 7.64. The van der Waals surface area contributed by atoms with E-state index in [1.54, 1.807) is 30.3 Å². The number of Topliss-reactive ketones (excluding diaryl/α,β-unsaturated/α-hetero) is 1. The zero-order valence-electron chi connectivity index (χ0n) is 11.0. The Morgan fingerprint density at radius 3 is 2.15 bits per heavy atom. The Morgan fingerprint density at radius 1 is 1.00 bits per heavy atom. The first-order chi connectivity index (χ1) is 9.39. The summed E-state index contributed by atoms with van der Waals surface area (Å²) in [4.78, 5) is 11.7. The maximum atomic E-state index is 11.6. The highest BCUT2D eigenvalue weighted by Gasteiger charge is 2.15.